The van der Waals surface area contributed by atoms with Gasteiger partial charge in [-0.15, -0.1) is 0 Å². The summed E-state index contributed by atoms with van der Waals surface area (Å²) in [5, 5.41) is 0. The molecular formula is C13H14BrN3O. The van der Waals surface area contributed by atoms with E-state index in [4.69, 9.17) is 4.74 Å². The number of nitrogens with zero attached hydrogens (tertiary/aromatic N) is 3. The Labute approximate surface area is 115 Å². The molecule has 2 heterocycles. The third kappa shape index (κ3) is 3.26. The predicted molar refractivity (Wildman–Crippen MR) is 73.5 cm³/mol. The molecule has 0 saturated carbocycles. The van der Waals surface area contributed by atoms with E-state index in [1.54, 1.807) is 12.4 Å². The van der Waals surface area contributed by atoms with Crippen molar-refractivity contribution in [3.8, 4) is 17.0 Å². The summed E-state index contributed by atoms with van der Waals surface area (Å²) in [5.41, 5.74) is 1.76. The van der Waals surface area contributed by atoms with Gasteiger partial charge in [-0.2, -0.15) is 0 Å². The van der Waals surface area contributed by atoms with Gasteiger partial charge in [0.05, 0.1) is 18.5 Å². The largest absolute Gasteiger partial charge is 0.492 e. The Balaban J connectivity index is 2.32. The molecule has 0 bridgehead atoms. The maximum absolute atomic E-state index is 5.56. The minimum Gasteiger partial charge on any atom is -0.492 e. The molecule has 94 valence electrons. The van der Waals surface area contributed by atoms with Crippen LogP contribution in [0, 0.1) is 6.92 Å². The molecule has 0 saturated heterocycles. The molecule has 18 heavy (non-hydrogen) atoms. The van der Waals surface area contributed by atoms with Gasteiger partial charge in [-0.25, -0.2) is 9.97 Å². The molecule has 0 amide bonds. The minimum atomic E-state index is 0.692. The highest BCUT2D eigenvalue weighted by atomic mass is 79.9. The van der Waals surface area contributed by atoms with Crippen molar-refractivity contribution in [1.82, 2.24) is 15.0 Å². The van der Waals surface area contributed by atoms with Gasteiger partial charge in [0.1, 0.15) is 16.2 Å². The molecule has 0 fully saturated rings. The average molecular weight is 308 g/mol. The van der Waals surface area contributed by atoms with Crippen LogP contribution < -0.4 is 4.74 Å². The van der Waals surface area contributed by atoms with Crippen LogP contribution in [0.2, 0.25) is 0 Å². The van der Waals surface area contributed by atoms with Gasteiger partial charge in [0.25, 0.3) is 0 Å². The SMILES string of the molecule is CCCOc1cncc(-c2cc(Br)nc(C)n2)c1. The molecule has 0 atom stereocenters. The van der Waals surface area contributed by atoms with Gasteiger partial charge in [-0.1, -0.05) is 6.92 Å². The summed E-state index contributed by atoms with van der Waals surface area (Å²) in [6.45, 7) is 4.62. The fourth-order valence-corrected chi connectivity index (χ4v) is 2.01. The van der Waals surface area contributed by atoms with E-state index in [1.165, 1.54) is 0 Å². The lowest BCUT2D eigenvalue weighted by atomic mass is 10.2. The van der Waals surface area contributed by atoms with Crippen molar-refractivity contribution in [3.63, 3.8) is 0 Å². The Hall–Kier alpha value is -1.49. The van der Waals surface area contributed by atoms with Gasteiger partial charge >= 0.3 is 0 Å². The standard InChI is InChI=1S/C13H14BrN3O/c1-3-4-18-11-5-10(7-15-8-11)12-6-13(14)17-9(2)16-12/h5-8H,3-4H2,1-2H3. The number of hydrogen-bond donors (Lipinski definition) is 0. The van der Waals surface area contributed by atoms with Crippen LogP contribution in [0.1, 0.15) is 19.2 Å². The van der Waals surface area contributed by atoms with E-state index < -0.39 is 0 Å². The molecule has 4 nitrogen and oxygen atoms in total. The topological polar surface area (TPSA) is 47.9 Å². The zero-order valence-electron chi connectivity index (χ0n) is 10.4. The summed E-state index contributed by atoms with van der Waals surface area (Å²) in [7, 11) is 0. The summed E-state index contributed by atoms with van der Waals surface area (Å²) < 4.78 is 6.33. The molecule has 0 aliphatic heterocycles. The molecule has 0 N–H and O–H groups in total. The molecular weight excluding hydrogens is 294 g/mol. The van der Waals surface area contributed by atoms with Gasteiger partial charge in [-0.3, -0.25) is 4.98 Å². The average Bonchev–Trinajstić information content (AvgIpc) is 2.35. The highest BCUT2D eigenvalue weighted by molar-refractivity contribution is 9.10. The Morgan fingerprint density at radius 3 is 2.78 bits per heavy atom. The van der Waals surface area contributed by atoms with Crippen molar-refractivity contribution < 1.29 is 4.74 Å². The molecule has 0 spiro atoms. The van der Waals surface area contributed by atoms with Crippen LogP contribution in [0.5, 0.6) is 5.75 Å². The number of ether oxygens (including phenoxy) is 1. The smallest absolute Gasteiger partial charge is 0.138 e. The summed E-state index contributed by atoms with van der Waals surface area (Å²) in [5.74, 6) is 1.49. The second-order valence-electron chi connectivity index (χ2n) is 3.88. The van der Waals surface area contributed by atoms with Gasteiger partial charge < -0.3 is 4.74 Å². The highest BCUT2D eigenvalue weighted by Gasteiger charge is 2.05. The first-order chi connectivity index (χ1) is 8.69. The Bertz CT molecular complexity index is 525. The maximum atomic E-state index is 5.56. The third-order valence-corrected chi connectivity index (χ3v) is 2.69. The van der Waals surface area contributed by atoms with E-state index in [1.807, 2.05) is 19.1 Å². The van der Waals surface area contributed by atoms with Crippen molar-refractivity contribution in [3.05, 3.63) is 35.0 Å². The fourth-order valence-electron chi connectivity index (χ4n) is 1.54. The van der Waals surface area contributed by atoms with Crippen LogP contribution in [0.25, 0.3) is 11.3 Å². The van der Waals surface area contributed by atoms with Crippen LogP contribution in [0.3, 0.4) is 0 Å². The first kappa shape index (κ1) is 13.0. The van der Waals surface area contributed by atoms with Crippen LogP contribution in [-0.4, -0.2) is 21.6 Å². The van der Waals surface area contributed by atoms with Gasteiger partial charge in [0, 0.05) is 11.8 Å². The van der Waals surface area contributed by atoms with Crippen molar-refractivity contribution in [1.29, 1.82) is 0 Å². The van der Waals surface area contributed by atoms with Crippen molar-refractivity contribution >= 4 is 15.9 Å². The monoisotopic (exact) mass is 307 g/mol. The van der Waals surface area contributed by atoms with Gasteiger partial charge in [-0.05, 0) is 41.4 Å². The first-order valence-electron chi connectivity index (χ1n) is 5.78. The first-order valence-corrected chi connectivity index (χ1v) is 6.57. The third-order valence-electron chi connectivity index (χ3n) is 2.29. The summed E-state index contributed by atoms with van der Waals surface area (Å²) in [6.07, 6.45) is 4.46. The Morgan fingerprint density at radius 2 is 2.06 bits per heavy atom. The number of halogens is 1. The lowest BCUT2D eigenvalue weighted by Gasteiger charge is -2.06. The number of rotatable bonds is 4. The summed E-state index contributed by atoms with van der Waals surface area (Å²) in [4.78, 5) is 12.7. The van der Waals surface area contributed by atoms with E-state index in [-0.39, 0.29) is 0 Å². The predicted octanol–water partition coefficient (Wildman–Crippen LogP) is 3.40. The normalized spacial score (nSPS) is 10.4. The quantitative estimate of drug-likeness (QED) is 0.812. The van der Waals surface area contributed by atoms with Crippen molar-refractivity contribution in [2.45, 2.75) is 20.3 Å². The fraction of sp³-hybridized carbons (Fsp3) is 0.308. The Morgan fingerprint density at radius 1 is 1.22 bits per heavy atom. The van der Waals surface area contributed by atoms with Crippen LogP contribution in [0.15, 0.2) is 29.1 Å². The second kappa shape index (κ2) is 5.91. The van der Waals surface area contributed by atoms with Crippen LogP contribution >= 0.6 is 15.9 Å². The molecule has 5 heteroatoms. The number of hydrogen-bond acceptors (Lipinski definition) is 4. The zero-order chi connectivity index (χ0) is 13.0. The summed E-state index contributed by atoms with van der Waals surface area (Å²) >= 11 is 3.37. The number of pyridine rings is 1. The van der Waals surface area contributed by atoms with E-state index in [9.17, 15) is 0 Å². The van der Waals surface area contributed by atoms with Crippen LogP contribution in [0.4, 0.5) is 0 Å². The molecule has 0 radical (unpaired) electrons. The van der Waals surface area contributed by atoms with Crippen molar-refractivity contribution in [2.24, 2.45) is 0 Å². The molecule has 0 unspecified atom stereocenters. The number of aromatic nitrogens is 3. The molecule has 2 rings (SSSR count). The molecule has 2 aromatic rings. The minimum absolute atomic E-state index is 0.692. The van der Waals surface area contributed by atoms with Gasteiger partial charge in [0.2, 0.25) is 0 Å². The zero-order valence-corrected chi connectivity index (χ0v) is 11.9. The molecule has 0 aliphatic rings. The maximum Gasteiger partial charge on any atom is 0.138 e. The second-order valence-corrected chi connectivity index (χ2v) is 4.69. The molecule has 0 aliphatic carbocycles. The molecule has 0 aromatic carbocycles. The van der Waals surface area contributed by atoms with Crippen molar-refractivity contribution in [2.75, 3.05) is 6.61 Å². The summed E-state index contributed by atoms with van der Waals surface area (Å²) in [6, 6.07) is 3.81. The van der Waals surface area contributed by atoms with E-state index in [0.29, 0.717) is 6.61 Å². The molecule has 2 aromatic heterocycles. The van der Waals surface area contributed by atoms with Gasteiger partial charge in [0.15, 0.2) is 0 Å². The highest BCUT2D eigenvalue weighted by Crippen LogP contribution is 2.23. The number of aryl methyl sites for hydroxylation is 1. The van der Waals surface area contributed by atoms with Crippen LogP contribution in [-0.2, 0) is 0 Å². The van der Waals surface area contributed by atoms with E-state index in [2.05, 4.69) is 37.8 Å². The Kier molecular flexibility index (Phi) is 4.25. The lowest BCUT2D eigenvalue weighted by Crippen LogP contribution is -1.97. The van der Waals surface area contributed by atoms with E-state index in [0.717, 1.165) is 33.9 Å². The lowest BCUT2D eigenvalue weighted by molar-refractivity contribution is 0.316. The van der Waals surface area contributed by atoms with E-state index >= 15 is 0 Å².